The summed E-state index contributed by atoms with van der Waals surface area (Å²) < 4.78 is 0. The fraction of sp³-hybridized carbons (Fsp3) is 0.417. The molecule has 0 N–H and O–H groups in total. The Labute approximate surface area is 90.3 Å². The van der Waals surface area contributed by atoms with Crippen LogP contribution in [0.4, 0.5) is 0 Å². The second-order valence-corrected chi connectivity index (χ2v) is 3.94. The van der Waals surface area contributed by atoms with Crippen molar-refractivity contribution >= 4 is 11.6 Å². The zero-order chi connectivity index (χ0) is 10.7. The highest BCUT2D eigenvalue weighted by Gasteiger charge is 2.10. The van der Waals surface area contributed by atoms with Gasteiger partial charge < -0.3 is 0 Å². The predicted octanol–water partition coefficient (Wildman–Crippen LogP) is 3.97. The molecular formula is C12H14ClN. The lowest BCUT2D eigenvalue weighted by Gasteiger charge is -2.10. The van der Waals surface area contributed by atoms with Gasteiger partial charge >= 0.3 is 0 Å². The molecule has 1 rings (SSSR count). The van der Waals surface area contributed by atoms with Gasteiger partial charge in [0.1, 0.15) is 0 Å². The van der Waals surface area contributed by atoms with Crippen LogP contribution in [0, 0.1) is 25.2 Å². The summed E-state index contributed by atoms with van der Waals surface area (Å²) in [5.41, 5.74) is 3.18. The third-order valence-electron chi connectivity index (χ3n) is 2.43. The van der Waals surface area contributed by atoms with Crippen molar-refractivity contribution < 1.29 is 0 Å². The van der Waals surface area contributed by atoms with E-state index < -0.39 is 0 Å². The molecule has 0 heterocycles. The van der Waals surface area contributed by atoms with Crippen LogP contribution in [0.5, 0.6) is 0 Å². The lowest BCUT2D eigenvalue weighted by atomic mass is 9.95. The molecule has 1 aromatic carbocycles. The Kier molecular flexibility index (Phi) is 3.55. The lowest BCUT2D eigenvalue weighted by molar-refractivity contribution is 0.816. The lowest BCUT2D eigenvalue weighted by Crippen LogP contribution is -1.96. The first-order chi connectivity index (χ1) is 6.60. The van der Waals surface area contributed by atoms with Crippen LogP contribution < -0.4 is 0 Å². The van der Waals surface area contributed by atoms with Crippen LogP contribution in [0.1, 0.15) is 36.0 Å². The van der Waals surface area contributed by atoms with Crippen molar-refractivity contribution in [1.82, 2.24) is 0 Å². The van der Waals surface area contributed by atoms with E-state index >= 15 is 0 Å². The Hall–Kier alpha value is -1.00. The summed E-state index contributed by atoms with van der Waals surface area (Å²) in [5, 5.41) is 9.75. The Morgan fingerprint density at radius 3 is 2.21 bits per heavy atom. The summed E-state index contributed by atoms with van der Waals surface area (Å²) in [6, 6.07) is 6.31. The Bertz CT molecular complexity index is 353. The van der Waals surface area contributed by atoms with E-state index in [1.807, 2.05) is 32.9 Å². The van der Waals surface area contributed by atoms with Crippen molar-refractivity contribution in [3.05, 3.63) is 33.8 Å². The van der Waals surface area contributed by atoms with Crippen molar-refractivity contribution in [3.8, 4) is 6.07 Å². The molecule has 0 aliphatic heterocycles. The molecule has 0 aromatic heterocycles. The van der Waals surface area contributed by atoms with Crippen molar-refractivity contribution in [2.24, 2.45) is 0 Å². The van der Waals surface area contributed by atoms with E-state index in [2.05, 4.69) is 6.07 Å². The largest absolute Gasteiger partial charge is 0.198 e. The maximum absolute atomic E-state index is 8.95. The van der Waals surface area contributed by atoms with E-state index in [9.17, 15) is 0 Å². The average Bonchev–Trinajstić information content (AvgIpc) is 2.16. The highest BCUT2D eigenvalue weighted by Crippen LogP contribution is 2.27. The standard InChI is InChI=1S/C12H14ClN/c1-4-10(7-14)11-5-8(2)12(13)9(3)6-11/h5-6,10H,4H2,1-3H3. The number of hydrogen-bond donors (Lipinski definition) is 0. The molecule has 1 aromatic rings. The van der Waals surface area contributed by atoms with E-state index in [4.69, 9.17) is 16.9 Å². The quantitative estimate of drug-likeness (QED) is 0.720. The smallest absolute Gasteiger partial charge is 0.0710 e. The Morgan fingerprint density at radius 2 is 1.86 bits per heavy atom. The van der Waals surface area contributed by atoms with Crippen molar-refractivity contribution in [2.45, 2.75) is 33.1 Å². The Morgan fingerprint density at radius 1 is 1.36 bits per heavy atom. The van der Waals surface area contributed by atoms with Crippen molar-refractivity contribution in [3.63, 3.8) is 0 Å². The fourth-order valence-electron chi connectivity index (χ4n) is 1.58. The highest BCUT2D eigenvalue weighted by atomic mass is 35.5. The molecule has 2 heteroatoms. The SMILES string of the molecule is CCC(C#N)c1cc(C)c(Cl)c(C)c1. The van der Waals surface area contributed by atoms with E-state index in [1.54, 1.807) is 0 Å². The minimum absolute atomic E-state index is 0.00957. The van der Waals surface area contributed by atoms with Gasteiger partial charge in [0.2, 0.25) is 0 Å². The summed E-state index contributed by atoms with van der Waals surface area (Å²) >= 11 is 6.06. The summed E-state index contributed by atoms with van der Waals surface area (Å²) in [5.74, 6) is -0.00957. The van der Waals surface area contributed by atoms with Gasteiger partial charge in [-0.05, 0) is 37.0 Å². The number of nitriles is 1. The van der Waals surface area contributed by atoms with Crippen LogP contribution in [-0.4, -0.2) is 0 Å². The molecule has 0 saturated heterocycles. The molecular weight excluding hydrogens is 194 g/mol. The molecule has 0 spiro atoms. The van der Waals surface area contributed by atoms with Gasteiger partial charge in [0.15, 0.2) is 0 Å². The molecule has 0 amide bonds. The van der Waals surface area contributed by atoms with Gasteiger partial charge in [-0.15, -0.1) is 0 Å². The van der Waals surface area contributed by atoms with E-state index in [1.165, 1.54) is 0 Å². The third kappa shape index (κ3) is 2.08. The molecule has 0 aliphatic rings. The number of rotatable bonds is 2. The fourth-order valence-corrected chi connectivity index (χ4v) is 1.69. The predicted molar refractivity (Wildman–Crippen MR) is 59.6 cm³/mol. The second-order valence-electron chi connectivity index (χ2n) is 3.56. The normalized spacial score (nSPS) is 12.2. The van der Waals surface area contributed by atoms with Crippen LogP contribution in [-0.2, 0) is 0 Å². The van der Waals surface area contributed by atoms with Crippen molar-refractivity contribution in [2.75, 3.05) is 0 Å². The molecule has 1 unspecified atom stereocenters. The maximum Gasteiger partial charge on any atom is 0.0710 e. The summed E-state index contributed by atoms with van der Waals surface area (Å²) in [4.78, 5) is 0. The number of halogens is 1. The molecule has 1 atom stereocenters. The molecule has 1 nitrogen and oxygen atoms in total. The van der Waals surface area contributed by atoms with Gasteiger partial charge in [-0.3, -0.25) is 0 Å². The first kappa shape index (κ1) is 11.1. The Balaban J connectivity index is 3.19. The molecule has 0 radical (unpaired) electrons. The van der Waals surface area contributed by atoms with Gasteiger partial charge in [0.25, 0.3) is 0 Å². The van der Waals surface area contributed by atoms with E-state index in [-0.39, 0.29) is 5.92 Å². The molecule has 0 fully saturated rings. The minimum Gasteiger partial charge on any atom is -0.198 e. The number of hydrogen-bond acceptors (Lipinski definition) is 1. The van der Waals surface area contributed by atoms with Crippen LogP contribution in [0.3, 0.4) is 0 Å². The number of nitrogens with zero attached hydrogens (tertiary/aromatic N) is 1. The van der Waals surface area contributed by atoms with E-state index in [0.29, 0.717) is 0 Å². The molecule has 74 valence electrons. The van der Waals surface area contributed by atoms with Crippen molar-refractivity contribution in [1.29, 1.82) is 5.26 Å². The van der Waals surface area contributed by atoms with Crippen LogP contribution >= 0.6 is 11.6 Å². The van der Waals surface area contributed by atoms with Gasteiger partial charge in [-0.1, -0.05) is 30.7 Å². The number of benzene rings is 1. The van der Waals surface area contributed by atoms with Crippen LogP contribution in [0.25, 0.3) is 0 Å². The first-order valence-corrected chi connectivity index (χ1v) is 5.14. The van der Waals surface area contributed by atoms with Crippen LogP contribution in [0.15, 0.2) is 12.1 Å². The van der Waals surface area contributed by atoms with Gasteiger partial charge in [-0.25, -0.2) is 0 Å². The van der Waals surface area contributed by atoms with Gasteiger partial charge in [-0.2, -0.15) is 5.26 Å². The number of aryl methyl sites for hydroxylation is 2. The average molecular weight is 208 g/mol. The van der Waals surface area contributed by atoms with E-state index in [0.717, 1.165) is 28.1 Å². The third-order valence-corrected chi connectivity index (χ3v) is 3.02. The molecule has 14 heavy (non-hydrogen) atoms. The zero-order valence-corrected chi connectivity index (χ0v) is 9.52. The highest BCUT2D eigenvalue weighted by molar-refractivity contribution is 6.32. The monoisotopic (exact) mass is 207 g/mol. The first-order valence-electron chi connectivity index (χ1n) is 4.76. The summed E-state index contributed by atoms with van der Waals surface area (Å²) in [6.45, 7) is 5.97. The minimum atomic E-state index is -0.00957. The second kappa shape index (κ2) is 4.48. The molecule has 0 bridgehead atoms. The zero-order valence-electron chi connectivity index (χ0n) is 8.76. The molecule has 0 aliphatic carbocycles. The van der Waals surface area contributed by atoms with Gasteiger partial charge in [0.05, 0.1) is 12.0 Å². The topological polar surface area (TPSA) is 23.8 Å². The van der Waals surface area contributed by atoms with Crippen LogP contribution in [0.2, 0.25) is 5.02 Å². The summed E-state index contributed by atoms with van der Waals surface area (Å²) in [7, 11) is 0. The molecule has 0 saturated carbocycles. The summed E-state index contributed by atoms with van der Waals surface area (Å²) in [6.07, 6.45) is 0.844. The maximum atomic E-state index is 8.95. The van der Waals surface area contributed by atoms with Gasteiger partial charge in [0, 0.05) is 5.02 Å².